The fourth-order valence-electron chi connectivity index (χ4n) is 1.19. The number of rotatable bonds is 6. The molecule has 1 aromatic rings. The number of aldehydes is 1. The van der Waals surface area contributed by atoms with Gasteiger partial charge in [0.15, 0.2) is 5.76 Å². The normalized spacial score (nSPS) is 11.3. The lowest BCUT2D eigenvalue weighted by Gasteiger charge is -2.04. The van der Waals surface area contributed by atoms with Gasteiger partial charge in [0.25, 0.3) is 0 Å². The van der Waals surface area contributed by atoms with Gasteiger partial charge in [-0.25, -0.2) is 0 Å². The summed E-state index contributed by atoms with van der Waals surface area (Å²) < 4.78 is 10.1. The van der Waals surface area contributed by atoms with Crippen LogP contribution in [0.1, 0.15) is 12.5 Å². The second-order valence-corrected chi connectivity index (χ2v) is 3.41. The average Bonchev–Trinajstić information content (AvgIpc) is 2.36. The molecule has 0 saturated heterocycles. The predicted octanol–water partition coefficient (Wildman–Crippen LogP) is 2.36. The summed E-state index contributed by atoms with van der Waals surface area (Å²) in [6.45, 7) is 1.64. The minimum absolute atomic E-state index is 0.186. The Morgan fingerprint density at radius 1 is 1.28 bits per heavy atom. The molecule has 1 aromatic carbocycles. The first-order valence-electron chi connectivity index (χ1n) is 5.38. The molecule has 1 rings (SSSR count). The van der Waals surface area contributed by atoms with Gasteiger partial charge in [0, 0.05) is 6.92 Å². The van der Waals surface area contributed by atoms with Gasteiger partial charge in [0.05, 0.1) is 0 Å². The van der Waals surface area contributed by atoms with Gasteiger partial charge in [-0.1, -0.05) is 30.3 Å². The van der Waals surface area contributed by atoms with Crippen LogP contribution in [0, 0.1) is 0 Å². The summed E-state index contributed by atoms with van der Waals surface area (Å²) in [6.07, 6.45) is 4.48. The summed E-state index contributed by atoms with van der Waals surface area (Å²) >= 11 is 0. The summed E-state index contributed by atoms with van der Waals surface area (Å²) in [4.78, 5) is 21.0. The van der Waals surface area contributed by atoms with Crippen molar-refractivity contribution in [3.63, 3.8) is 0 Å². The Kier molecular flexibility index (Phi) is 5.97. The van der Waals surface area contributed by atoms with E-state index in [0.29, 0.717) is 12.9 Å². The molecule has 0 saturated carbocycles. The van der Waals surface area contributed by atoms with Crippen molar-refractivity contribution in [3.05, 3.63) is 60.1 Å². The molecule has 0 aromatic heterocycles. The van der Waals surface area contributed by atoms with Crippen molar-refractivity contribution in [2.24, 2.45) is 0 Å². The van der Waals surface area contributed by atoms with E-state index < -0.39 is 5.97 Å². The van der Waals surface area contributed by atoms with Crippen LogP contribution < -0.4 is 0 Å². The lowest BCUT2D eigenvalue weighted by molar-refractivity contribution is -0.136. The van der Waals surface area contributed by atoms with E-state index in [0.717, 1.165) is 5.56 Å². The second kappa shape index (κ2) is 7.84. The Hall–Kier alpha value is -2.36. The smallest absolute Gasteiger partial charge is 0.308 e. The van der Waals surface area contributed by atoms with E-state index in [1.165, 1.54) is 25.3 Å². The van der Waals surface area contributed by atoms with Crippen molar-refractivity contribution in [1.29, 1.82) is 0 Å². The van der Waals surface area contributed by atoms with E-state index in [1.54, 1.807) is 0 Å². The van der Waals surface area contributed by atoms with Crippen LogP contribution in [0.2, 0.25) is 0 Å². The molecule has 94 valence electrons. The van der Waals surface area contributed by atoms with Crippen LogP contribution in [-0.2, 0) is 25.7 Å². The third-order valence-electron chi connectivity index (χ3n) is 1.89. The van der Waals surface area contributed by atoms with Gasteiger partial charge in [-0.15, -0.1) is 0 Å². The molecule has 0 aliphatic rings. The highest BCUT2D eigenvalue weighted by Gasteiger charge is 1.98. The molecular formula is C14H14O4. The van der Waals surface area contributed by atoms with Gasteiger partial charge in [0.2, 0.25) is 0 Å². The minimum atomic E-state index is -0.472. The average molecular weight is 246 g/mol. The van der Waals surface area contributed by atoms with Gasteiger partial charge in [0.1, 0.15) is 19.2 Å². The number of ether oxygens (including phenoxy) is 2. The summed E-state index contributed by atoms with van der Waals surface area (Å²) in [6, 6.07) is 9.56. The molecule has 0 aliphatic carbocycles. The van der Waals surface area contributed by atoms with E-state index in [-0.39, 0.29) is 5.76 Å². The van der Waals surface area contributed by atoms with Gasteiger partial charge in [-0.3, -0.25) is 9.59 Å². The molecule has 0 amide bonds. The number of esters is 1. The fraction of sp³-hybridized carbons (Fsp3) is 0.143. The number of hydrogen-bond donors (Lipinski definition) is 0. The summed E-state index contributed by atoms with van der Waals surface area (Å²) in [5, 5.41) is 0. The summed E-state index contributed by atoms with van der Waals surface area (Å²) in [7, 11) is 0. The van der Waals surface area contributed by atoms with E-state index in [9.17, 15) is 9.59 Å². The van der Waals surface area contributed by atoms with Gasteiger partial charge >= 0.3 is 5.97 Å². The number of allylic oxidation sites excluding steroid dienone is 2. The maximum Gasteiger partial charge on any atom is 0.308 e. The van der Waals surface area contributed by atoms with Gasteiger partial charge in [-0.05, 0) is 17.7 Å². The van der Waals surface area contributed by atoms with Crippen LogP contribution in [0.5, 0.6) is 0 Å². The van der Waals surface area contributed by atoms with Crippen molar-refractivity contribution in [2.75, 3.05) is 0 Å². The minimum Gasteiger partial charge on any atom is -0.493 e. The highest BCUT2D eigenvalue weighted by Crippen LogP contribution is 2.05. The second-order valence-electron chi connectivity index (χ2n) is 3.41. The van der Waals surface area contributed by atoms with Crippen LogP contribution in [0.3, 0.4) is 0 Å². The maximum atomic E-state index is 10.8. The number of carbonyl (C=O) groups excluding carboxylic acids is 2. The Balaban J connectivity index is 2.57. The first-order chi connectivity index (χ1) is 8.72. The predicted molar refractivity (Wildman–Crippen MR) is 66.3 cm³/mol. The molecule has 0 unspecified atom stereocenters. The van der Waals surface area contributed by atoms with E-state index in [2.05, 4.69) is 0 Å². The molecule has 0 heterocycles. The summed E-state index contributed by atoms with van der Waals surface area (Å²) in [5.41, 5.74) is 0.996. The first kappa shape index (κ1) is 13.7. The first-order valence-corrected chi connectivity index (χ1v) is 5.38. The molecule has 0 atom stereocenters. The van der Waals surface area contributed by atoms with Gasteiger partial charge in [-0.2, -0.15) is 0 Å². The highest BCUT2D eigenvalue weighted by atomic mass is 16.5. The van der Waals surface area contributed by atoms with Crippen molar-refractivity contribution in [3.8, 4) is 0 Å². The van der Waals surface area contributed by atoms with E-state index in [4.69, 9.17) is 9.47 Å². The molecule has 0 aliphatic heterocycles. The van der Waals surface area contributed by atoms with E-state index in [1.807, 2.05) is 30.3 Å². The van der Waals surface area contributed by atoms with Crippen LogP contribution in [-0.4, -0.2) is 12.3 Å². The van der Waals surface area contributed by atoms with Crippen LogP contribution in [0.4, 0.5) is 0 Å². The molecule has 0 N–H and O–H groups in total. The summed E-state index contributed by atoms with van der Waals surface area (Å²) in [5.74, 6) is -0.286. The maximum absolute atomic E-state index is 10.8. The zero-order valence-electron chi connectivity index (χ0n) is 10.0. The Labute approximate surface area is 106 Å². The number of hydrogen-bond acceptors (Lipinski definition) is 4. The monoisotopic (exact) mass is 246 g/mol. The largest absolute Gasteiger partial charge is 0.493 e. The number of carbonyl (C=O) groups is 2. The molecule has 4 nitrogen and oxygen atoms in total. The van der Waals surface area contributed by atoms with E-state index >= 15 is 0 Å². The zero-order valence-corrected chi connectivity index (χ0v) is 10.0. The molecule has 0 bridgehead atoms. The fourth-order valence-corrected chi connectivity index (χ4v) is 1.19. The van der Waals surface area contributed by atoms with Gasteiger partial charge < -0.3 is 9.47 Å². The van der Waals surface area contributed by atoms with Crippen molar-refractivity contribution in [2.45, 2.75) is 13.5 Å². The van der Waals surface area contributed by atoms with Crippen molar-refractivity contribution < 1.29 is 19.1 Å². The topological polar surface area (TPSA) is 52.6 Å². The Bertz CT molecular complexity index is 446. The molecular weight excluding hydrogens is 232 g/mol. The van der Waals surface area contributed by atoms with Crippen LogP contribution >= 0.6 is 0 Å². The molecule has 0 spiro atoms. The van der Waals surface area contributed by atoms with Crippen LogP contribution in [0.25, 0.3) is 0 Å². The SMILES string of the molecule is CC(=O)OC(C=CC=O)=COCc1ccccc1. The molecule has 0 fully saturated rings. The molecule has 4 heteroatoms. The zero-order chi connectivity index (χ0) is 13.2. The lowest BCUT2D eigenvalue weighted by atomic mass is 10.2. The third-order valence-corrected chi connectivity index (χ3v) is 1.89. The molecule has 0 radical (unpaired) electrons. The highest BCUT2D eigenvalue weighted by molar-refractivity contribution is 5.69. The third kappa shape index (κ3) is 5.65. The quantitative estimate of drug-likeness (QED) is 0.254. The van der Waals surface area contributed by atoms with Crippen molar-refractivity contribution >= 4 is 12.3 Å². The van der Waals surface area contributed by atoms with Crippen molar-refractivity contribution in [1.82, 2.24) is 0 Å². The number of benzene rings is 1. The Morgan fingerprint density at radius 2 is 2.00 bits per heavy atom. The Morgan fingerprint density at radius 3 is 2.61 bits per heavy atom. The standard InChI is InChI=1S/C14H14O4/c1-12(16)18-14(8-5-9-15)11-17-10-13-6-3-2-4-7-13/h2-9,11H,10H2,1H3. The lowest BCUT2D eigenvalue weighted by Crippen LogP contribution is -1.98. The van der Waals surface area contributed by atoms with Crippen LogP contribution in [0.15, 0.2) is 54.5 Å². The molecule has 18 heavy (non-hydrogen) atoms.